The van der Waals surface area contributed by atoms with E-state index in [-0.39, 0.29) is 5.43 Å². The second-order valence-corrected chi connectivity index (χ2v) is 8.71. The average Bonchev–Trinajstić information content (AvgIpc) is 2.94. The maximum absolute atomic E-state index is 13.0. The Hall–Kier alpha value is -3.97. The molecule has 0 atom stereocenters. The van der Waals surface area contributed by atoms with E-state index in [0.29, 0.717) is 28.9 Å². The average molecular weight is 487 g/mol. The summed E-state index contributed by atoms with van der Waals surface area (Å²) in [5.41, 5.74) is 2.90. The summed E-state index contributed by atoms with van der Waals surface area (Å²) in [6.07, 6.45) is 1.51. The molecule has 1 aliphatic heterocycles. The first-order valence-electron chi connectivity index (χ1n) is 12.1. The van der Waals surface area contributed by atoms with E-state index in [4.69, 9.17) is 18.6 Å². The summed E-state index contributed by atoms with van der Waals surface area (Å²) in [5.74, 6) is 2.34. The molecule has 1 aliphatic rings. The number of piperazine rings is 1. The zero-order valence-corrected chi connectivity index (χ0v) is 20.6. The molecule has 0 bridgehead atoms. The highest BCUT2D eigenvalue weighted by Gasteiger charge is 2.19. The summed E-state index contributed by atoms with van der Waals surface area (Å²) < 4.78 is 22.5. The van der Waals surface area contributed by atoms with Crippen LogP contribution < -0.4 is 24.5 Å². The molecule has 5 rings (SSSR count). The largest absolute Gasteiger partial charge is 0.497 e. The zero-order valence-electron chi connectivity index (χ0n) is 20.6. The smallest absolute Gasteiger partial charge is 0.200 e. The SMILES string of the molecule is COc1ccc(-c2coc3cc(OCCN4CCN(c5ccccc5OC)CC4)ccc3c2=O)cc1. The van der Waals surface area contributed by atoms with Gasteiger partial charge in [-0.3, -0.25) is 9.69 Å². The van der Waals surface area contributed by atoms with Crippen LogP contribution in [0, 0.1) is 0 Å². The Balaban J connectivity index is 1.17. The van der Waals surface area contributed by atoms with E-state index >= 15 is 0 Å². The molecule has 186 valence electrons. The van der Waals surface area contributed by atoms with Gasteiger partial charge in [0.15, 0.2) is 5.43 Å². The number of benzene rings is 3. The highest BCUT2D eigenvalue weighted by atomic mass is 16.5. The van der Waals surface area contributed by atoms with Crippen molar-refractivity contribution in [3.63, 3.8) is 0 Å². The van der Waals surface area contributed by atoms with Crippen molar-refractivity contribution in [3.05, 3.63) is 83.2 Å². The van der Waals surface area contributed by atoms with E-state index in [1.165, 1.54) is 6.26 Å². The van der Waals surface area contributed by atoms with Crippen molar-refractivity contribution in [1.29, 1.82) is 0 Å². The molecule has 7 heteroatoms. The molecule has 0 amide bonds. The maximum Gasteiger partial charge on any atom is 0.200 e. The molecule has 1 saturated heterocycles. The van der Waals surface area contributed by atoms with Crippen molar-refractivity contribution < 1.29 is 18.6 Å². The third kappa shape index (κ3) is 5.02. The molecular formula is C29H30N2O5. The third-order valence-electron chi connectivity index (χ3n) is 6.62. The van der Waals surface area contributed by atoms with Crippen LogP contribution in [0.1, 0.15) is 0 Å². The van der Waals surface area contributed by atoms with Crippen molar-refractivity contribution in [2.45, 2.75) is 0 Å². The van der Waals surface area contributed by atoms with Gasteiger partial charge >= 0.3 is 0 Å². The molecule has 0 unspecified atom stereocenters. The first-order valence-corrected chi connectivity index (χ1v) is 12.1. The van der Waals surface area contributed by atoms with Crippen LogP contribution in [0.5, 0.6) is 17.2 Å². The van der Waals surface area contributed by atoms with E-state index in [2.05, 4.69) is 15.9 Å². The second-order valence-electron chi connectivity index (χ2n) is 8.71. The summed E-state index contributed by atoms with van der Waals surface area (Å²) in [5, 5.41) is 0.531. The fourth-order valence-electron chi connectivity index (χ4n) is 4.56. The van der Waals surface area contributed by atoms with Gasteiger partial charge in [0.2, 0.25) is 0 Å². The van der Waals surface area contributed by atoms with E-state index in [0.717, 1.165) is 55.5 Å². The summed E-state index contributed by atoms with van der Waals surface area (Å²) >= 11 is 0. The number of methoxy groups -OCH3 is 2. The first-order chi connectivity index (χ1) is 17.7. The van der Waals surface area contributed by atoms with Gasteiger partial charge in [0, 0.05) is 38.8 Å². The quantitative estimate of drug-likeness (QED) is 0.358. The normalized spacial score (nSPS) is 14.1. The molecule has 0 spiro atoms. The lowest BCUT2D eigenvalue weighted by Gasteiger charge is -2.36. The number of nitrogens with zero attached hydrogens (tertiary/aromatic N) is 2. The molecule has 0 saturated carbocycles. The van der Waals surface area contributed by atoms with Crippen LogP contribution in [-0.2, 0) is 0 Å². The van der Waals surface area contributed by atoms with E-state index in [1.54, 1.807) is 26.4 Å². The fourth-order valence-corrected chi connectivity index (χ4v) is 4.56. The van der Waals surface area contributed by atoms with E-state index in [9.17, 15) is 4.79 Å². The lowest BCUT2D eigenvalue weighted by molar-refractivity contribution is 0.200. The van der Waals surface area contributed by atoms with Gasteiger partial charge in [-0.1, -0.05) is 24.3 Å². The highest BCUT2D eigenvalue weighted by molar-refractivity contribution is 5.82. The number of hydrogen-bond donors (Lipinski definition) is 0. The van der Waals surface area contributed by atoms with Crippen molar-refractivity contribution in [1.82, 2.24) is 4.90 Å². The number of anilines is 1. The molecule has 36 heavy (non-hydrogen) atoms. The van der Waals surface area contributed by atoms with Crippen molar-refractivity contribution in [2.24, 2.45) is 0 Å². The predicted octanol–water partition coefficient (Wildman–Crippen LogP) is 4.68. The Labute approximate surface area is 210 Å². The highest BCUT2D eigenvalue weighted by Crippen LogP contribution is 2.28. The van der Waals surface area contributed by atoms with Gasteiger partial charge in [0.1, 0.15) is 35.7 Å². The summed E-state index contributed by atoms with van der Waals surface area (Å²) in [7, 11) is 3.33. The Bertz CT molecular complexity index is 1370. The standard InChI is InChI=1S/C29H30N2O5/c1-33-22-9-7-21(8-10-22)25-20-36-28-19-23(11-12-24(28)29(25)32)35-18-17-30-13-15-31(16-14-30)26-5-3-4-6-27(26)34-2/h3-12,19-20H,13-18H2,1-2H3. The molecule has 2 heterocycles. The molecule has 0 aliphatic carbocycles. The van der Waals surface area contributed by atoms with Gasteiger partial charge in [-0.15, -0.1) is 0 Å². The van der Waals surface area contributed by atoms with Crippen LogP contribution in [0.4, 0.5) is 5.69 Å². The number of rotatable bonds is 8. The molecular weight excluding hydrogens is 456 g/mol. The topological polar surface area (TPSA) is 64.4 Å². The van der Waals surface area contributed by atoms with Crippen molar-refractivity contribution >= 4 is 16.7 Å². The number of ether oxygens (including phenoxy) is 3. The minimum absolute atomic E-state index is 0.0686. The van der Waals surface area contributed by atoms with Crippen LogP contribution in [0.3, 0.4) is 0 Å². The number of fused-ring (bicyclic) bond motifs is 1. The van der Waals surface area contributed by atoms with Crippen LogP contribution in [0.25, 0.3) is 22.1 Å². The zero-order chi connectivity index (χ0) is 24.9. The number of hydrogen-bond acceptors (Lipinski definition) is 7. The van der Waals surface area contributed by atoms with Crippen LogP contribution in [0.15, 0.2) is 82.2 Å². The fraction of sp³-hybridized carbons (Fsp3) is 0.276. The monoisotopic (exact) mass is 486 g/mol. The summed E-state index contributed by atoms with van der Waals surface area (Å²) in [6.45, 7) is 5.20. The Morgan fingerprint density at radius 2 is 1.61 bits per heavy atom. The molecule has 0 radical (unpaired) electrons. The second kappa shape index (κ2) is 10.7. The maximum atomic E-state index is 13.0. The van der Waals surface area contributed by atoms with Gasteiger partial charge in [-0.05, 0) is 42.0 Å². The molecule has 7 nitrogen and oxygen atoms in total. The number of para-hydroxylation sites is 2. The van der Waals surface area contributed by atoms with Crippen LogP contribution >= 0.6 is 0 Å². The summed E-state index contributed by atoms with van der Waals surface area (Å²) in [6, 6.07) is 20.9. The molecule has 4 aromatic rings. The Morgan fingerprint density at radius 3 is 2.36 bits per heavy atom. The molecule has 0 N–H and O–H groups in total. The molecule has 1 aromatic heterocycles. The minimum atomic E-state index is -0.0686. The summed E-state index contributed by atoms with van der Waals surface area (Å²) in [4.78, 5) is 17.8. The van der Waals surface area contributed by atoms with Gasteiger partial charge in [0.25, 0.3) is 0 Å². The van der Waals surface area contributed by atoms with E-state index < -0.39 is 0 Å². The minimum Gasteiger partial charge on any atom is -0.497 e. The predicted molar refractivity (Wildman–Crippen MR) is 142 cm³/mol. The van der Waals surface area contributed by atoms with Crippen LogP contribution in [-0.4, -0.2) is 58.5 Å². The van der Waals surface area contributed by atoms with Gasteiger partial charge in [0.05, 0.1) is 30.9 Å². The third-order valence-corrected chi connectivity index (χ3v) is 6.62. The molecule has 1 fully saturated rings. The van der Waals surface area contributed by atoms with Crippen LogP contribution in [0.2, 0.25) is 0 Å². The van der Waals surface area contributed by atoms with E-state index in [1.807, 2.05) is 48.5 Å². The Morgan fingerprint density at radius 1 is 0.861 bits per heavy atom. The Kier molecular flexibility index (Phi) is 7.09. The van der Waals surface area contributed by atoms with Gasteiger partial charge < -0.3 is 23.5 Å². The van der Waals surface area contributed by atoms with Gasteiger partial charge in [-0.25, -0.2) is 0 Å². The van der Waals surface area contributed by atoms with Crippen molar-refractivity contribution in [3.8, 4) is 28.4 Å². The lowest BCUT2D eigenvalue weighted by atomic mass is 10.1. The van der Waals surface area contributed by atoms with Crippen molar-refractivity contribution in [2.75, 3.05) is 58.5 Å². The molecule has 3 aromatic carbocycles. The first kappa shape index (κ1) is 23.8. The van der Waals surface area contributed by atoms with Gasteiger partial charge in [-0.2, -0.15) is 0 Å². The lowest BCUT2D eigenvalue weighted by Crippen LogP contribution is -2.47.